The highest BCUT2D eigenvalue weighted by atomic mass is 16.2. The van der Waals surface area contributed by atoms with E-state index in [-0.39, 0.29) is 11.9 Å². The number of rotatable bonds is 2. The summed E-state index contributed by atoms with van der Waals surface area (Å²) in [5.74, 6) is 1.39. The van der Waals surface area contributed by atoms with Gasteiger partial charge in [-0.1, -0.05) is 11.6 Å². The second-order valence-electron chi connectivity index (χ2n) is 7.42. The fraction of sp³-hybridized carbons (Fsp3) is 0.579. The van der Waals surface area contributed by atoms with Gasteiger partial charge in [0.15, 0.2) is 0 Å². The number of hydrogen-bond acceptors (Lipinski definition) is 3. The second-order valence-corrected chi connectivity index (χ2v) is 7.42. The molecular weight excluding hydrogens is 316 g/mol. The third-order valence-corrected chi connectivity index (χ3v) is 5.36. The molecule has 2 fully saturated rings. The van der Waals surface area contributed by atoms with E-state index in [0.717, 1.165) is 44.6 Å². The fourth-order valence-corrected chi connectivity index (χ4v) is 3.76. The van der Waals surface area contributed by atoms with E-state index in [1.165, 1.54) is 4.90 Å². The number of aryl methyl sites for hydroxylation is 1. The van der Waals surface area contributed by atoms with Gasteiger partial charge in [0.25, 0.3) is 5.91 Å². The van der Waals surface area contributed by atoms with Gasteiger partial charge in [0.2, 0.25) is 0 Å². The van der Waals surface area contributed by atoms with E-state index >= 15 is 0 Å². The molecule has 3 amide bonds. The zero-order chi connectivity index (χ0) is 18.0. The van der Waals surface area contributed by atoms with Crippen molar-refractivity contribution in [3.05, 3.63) is 29.3 Å². The second kappa shape index (κ2) is 7.44. The van der Waals surface area contributed by atoms with Crippen LogP contribution in [-0.4, -0.2) is 62.0 Å². The Morgan fingerprint density at radius 3 is 2.40 bits per heavy atom. The first-order valence-electron chi connectivity index (χ1n) is 9.04. The number of nitrogens with one attached hydrogen (secondary N) is 2. The molecule has 1 aromatic rings. The van der Waals surface area contributed by atoms with Crippen LogP contribution < -0.4 is 10.6 Å². The Morgan fingerprint density at radius 1 is 1.16 bits per heavy atom. The molecular formula is C19H28N4O2. The summed E-state index contributed by atoms with van der Waals surface area (Å²) in [5, 5.41) is 6.30. The molecule has 0 radical (unpaired) electrons. The number of fused-ring (bicyclic) bond motifs is 1. The number of amides is 3. The van der Waals surface area contributed by atoms with Crippen molar-refractivity contribution < 1.29 is 9.59 Å². The van der Waals surface area contributed by atoms with Gasteiger partial charge >= 0.3 is 6.03 Å². The molecule has 6 heteroatoms. The Balaban J connectivity index is 1.78. The first kappa shape index (κ1) is 17.7. The lowest BCUT2D eigenvalue weighted by Crippen LogP contribution is -2.34. The van der Waals surface area contributed by atoms with E-state index in [0.29, 0.717) is 23.1 Å². The number of anilines is 1. The van der Waals surface area contributed by atoms with Crippen molar-refractivity contribution in [2.24, 2.45) is 11.8 Å². The third kappa shape index (κ3) is 3.95. The lowest BCUT2D eigenvalue weighted by atomic mass is 9.92. The highest BCUT2D eigenvalue weighted by molar-refractivity contribution is 6.03. The van der Waals surface area contributed by atoms with Crippen molar-refractivity contribution in [3.8, 4) is 0 Å². The number of nitrogens with zero attached hydrogens (tertiary/aromatic N) is 2. The largest absolute Gasteiger partial charge is 0.339 e. The van der Waals surface area contributed by atoms with Crippen LogP contribution in [0, 0.1) is 18.8 Å². The van der Waals surface area contributed by atoms with Crippen molar-refractivity contribution in [3.63, 3.8) is 0 Å². The summed E-state index contributed by atoms with van der Waals surface area (Å²) >= 11 is 0. The predicted molar refractivity (Wildman–Crippen MR) is 98.9 cm³/mol. The predicted octanol–water partition coefficient (Wildman–Crippen LogP) is 2.16. The molecule has 2 heterocycles. The molecule has 2 aliphatic rings. The molecule has 0 spiro atoms. The molecule has 0 aromatic heterocycles. The molecule has 136 valence electrons. The Kier molecular flexibility index (Phi) is 5.27. The van der Waals surface area contributed by atoms with Gasteiger partial charge in [-0.15, -0.1) is 0 Å². The van der Waals surface area contributed by atoms with Crippen molar-refractivity contribution in [2.75, 3.05) is 45.6 Å². The van der Waals surface area contributed by atoms with Gasteiger partial charge in [0.05, 0.1) is 11.3 Å². The molecule has 3 rings (SSSR count). The van der Waals surface area contributed by atoms with Crippen LogP contribution in [-0.2, 0) is 0 Å². The maximum Gasteiger partial charge on any atom is 0.321 e. The lowest BCUT2D eigenvalue weighted by Gasteiger charge is -2.23. The van der Waals surface area contributed by atoms with Gasteiger partial charge in [-0.05, 0) is 56.8 Å². The number of likely N-dealkylation sites (tertiary alicyclic amines) is 1. The molecule has 2 aliphatic heterocycles. The highest BCUT2D eigenvalue weighted by Crippen LogP contribution is 2.28. The lowest BCUT2D eigenvalue weighted by molar-refractivity contribution is 0.0759. The molecule has 25 heavy (non-hydrogen) atoms. The van der Waals surface area contributed by atoms with Crippen LogP contribution in [0.15, 0.2) is 18.2 Å². The van der Waals surface area contributed by atoms with Crippen molar-refractivity contribution >= 4 is 17.6 Å². The van der Waals surface area contributed by atoms with Crippen molar-refractivity contribution in [2.45, 2.75) is 19.8 Å². The number of urea groups is 1. The molecule has 0 bridgehead atoms. The summed E-state index contributed by atoms with van der Waals surface area (Å²) in [6, 6.07) is 5.39. The Hall–Kier alpha value is -2.08. The number of benzene rings is 1. The molecule has 0 aliphatic carbocycles. The minimum Gasteiger partial charge on any atom is -0.339 e. The van der Waals surface area contributed by atoms with Gasteiger partial charge in [0, 0.05) is 27.2 Å². The standard InChI is InChI=1S/C19H28N4O2/c1-13-4-5-17(21-19(25)22(2)3)16(10-13)18(24)23-8-6-14-11-20-12-15(14)7-9-23/h4-5,10,14-15,20H,6-9,11-12H2,1-3H3,(H,21,25)/t14-,15+. The van der Waals surface area contributed by atoms with Crippen LogP contribution in [0.1, 0.15) is 28.8 Å². The minimum atomic E-state index is -0.227. The number of carbonyl (C=O) groups is 2. The van der Waals surface area contributed by atoms with Crippen LogP contribution in [0.5, 0.6) is 0 Å². The quantitative estimate of drug-likeness (QED) is 0.864. The fourth-order valence-electron chi connectivity index (χ4n) is 3.76. The van der Waals surface area contributed by atoms with E-state index in [2.05, 4.69) is 10.6 Å². The average Bonchev–Trinajstić information content (AvgIpc) is 2.94. The van der Waals surface area contributed by atoms with Gasteiger partial charge in [-0.2, -0.15) is 0 Å². The van der Waals surface area contributed by atoms with E-state index in [9.17, 15) is 9.59 Å². The Morgan fingerprint density at radius 2 is 1.80 bits per heavy atom. The van der Waals surface area contributed by atoms with Crippen LogP contribution in [0.2, 0.25) is 0 Å². The third-order valence-electron chi connectivity index (χ3n) is 5.36. The van der Waals surface area contributed by atoms with Gasteiger partial charge < -0.3 is 20.4 Å². The molecule has 2 saturated heterocycles. The monoisotopic (exact) mass is 344 g/mol. The van der Waals surface area contributed by atoms with E-state index in [1.54, 1.807) is 14.1 Å². The first-order chi connectivity index (χ1) is 12.0. The van der Waals surface area contributed by atoms with Crippen LogP contribution in [0.4, 0.5) is 10.5 Å². The summed E-state index contributed by atoms with van der Waals surface area (Å²) in [7, 11) is 3.37. The molecule has 2 N–H and O–H groups in total. The zero-order valence-electron chi connectivity index (χ0n) is 15.3. The van der Waals surface area contributed by atoms with Gasteiger partial charge in [-0.25, -0.2) is 4.79 Å². The van der Waals surface area contributed by atoms with Crippen LogP contribution in [0.3, 0.4) is 0 Å². The average molecular weight is 344 g/mol. The molecule has 2 atom stereocenters. The summed E-state index contributed by atoms with van der Waals surface area (Å²) in [6.45, 7) is 5.68. The topological polar surface area (TPSA) is 64.7 Å². The van der Waals surface area contributed by atoms with Crippen molar-refractivity contribution in [1.82, 2.24) is 15.1 Å². The van der Waals surface area contributed by atoms with Crippen LogP contribution in [0.25, 0.3) is 0 Å². The van der Waals surface area contributed by atoms with Gasteiger partial charge in [0.1, 0.15) is 0 Å². The van der Waals surface area contributed by atoms with E-state index in [4.69, 9.17) is 0 Å². The Bertz CT molecular complexity index is 645. The minimum absolute atomic E-state index is 0.0192. The highest BCUT2D eigenvalue weighted by Gasteiger charge is 2.32. The van der Waals surface area contributed by atoms with Crippen molar-refractivity contribution in [1.29, 1.82) is 0 Å². The maximum absolute atomic E-state index is 13.1. The maximum atomic E-state index is 13.1. The smallest absolute Gasteiger partial charge is 0.321 e. The summed E-state index contributed by atoms with van der Waals surface area (Å²) in [6.07, 6.45) is 2.10. The molecule has 0 saturated carbocycles. The molecule has 0 unspecified atom stereocenters. The first-order valence-corrected chi connectivity index (χ1v) is 9.04. The summed E-state index contributed by atoms with van der Waals surface area (Å²) < 4.78 is 0. The van der Waals surface area contributed by atoms with E-state index < -0.39 is 0 Å². The summed E-state index contributed by atoms with van der Waals surface area (Å²) in [4.78, 5) is 28.6. The zero-order valence-corrected chi connectivity index (χ0v) is 15.3. The number of carbonyl (C=O) groups excluding carboxylic acids is 2. The molecule has 6 nitrogen and oxygen atoms in total. The normalized spacial score (nSPS) is 22.9. The van der Waals surface area contributed by atoms with E-state index in [1.807, 2.05) is 30.0 Å². The molecule has 1 aromatic carbocycles. The number of hydrogen-bond donors (Lipinski definition) is 2. The van der Waals surface area contributed by atoms with Gasteiger partial charge in [-0.3, -0.25) is 4.79 Å². The Labute approximate surface area is 149 Å². The SMILES string of the molecule is Cc1ccc(NC(=O)N(C)C)c(C(=O)N2CC[C@@H]3CNC[C@@H]3CC2)c1. The summed E-state index contributed by atoms with van der Waals surface area (Å²) in [5.41, 5.74) is 2.18. The van der Waals surface area contributed by atoms with Crippen LogP contribution >= 0.6 is 0 Å².